The molecular formula is C24H38N6O8. The molecule has 0 aliphatic carbocycles. The molecule has 0 saturated heterocycles. The normalized spacial score (nSPS) is 14.8. The summed E-state index contributed by atoms with van der Waals surface area (Å²) in [5, 5.41) is 36.1. The number of hydrogen-bond acceptors (Lipinski definition) is 9. The van der Waals surface area contributed by atoms with E-state index in [1.54, 1.807) is 0 Å². The monoisotopic (exact) mass is 538 g/mol. The van der Waals surface area contributed by atoms with E-state index in [1.165, 1.54) is 31.2 Å². The van der Waals surface area contributed by atoms with Crippen LogP contribution in [-0.4, -0.2) is 81.7 Å². The van der Waals surface area contributed by atoms with E-state index < -0.39 is 59.9 Å². The van der Waals surface area contributed by atoms with Crippen LogP contribution in [-0.2, 0) is 30.4 Å². The lowest BCUT2D eigenvalue weighted by molar-refractivity contribution is -0.143. The number of aliphatic hydroxyl groups is 1. The van der Waals surface area contributed by atoms with E-state index in [0.717, 1.165) is 0 Å². The summed E-state index contributed by atoms with van der Waals surface area (Å²) in [6, 6.07) is 0.642. The summed E-state index contributed by atoms with van der Waals surface area (Å²) >= 11 is 0. The number of nitrogens with two attached hydrogens (primary N) is 3. The van der Waals surface area contributed by atoms with Gasteiger partial charge in [0.25, 0.3) is 0 Å². The third-order valence-corrected chi connectivity index (χ3v) is 5.67. The van der Waals surface area contributed by atoms with Crippen LogP contribution in [0.15, 0.2) is 24.3 Å². The van der Waals surface area contributed by atoms with Crippen molar-refractivity contribution in [2.45, 2.75) is 75.7 Å². The van der Waals surface area contributed by atoms with Gasteiger partial charge in [-0.15, -0.1) is 0 Å². The van der Waals surface area contributed by atoms with Crippen molar-refractivity contribution in [1.82, 2.24) is 16.0 Å². The van der Waals surface area contributed by atoms with Gasteiger partial charge in [-0.25, -0.2) is 4.79 Å². The Morgan fingerprint density at radius 1 is 0.895 bits per heavy atom. The summed E-state index contributed by atoms with van der Waals surface area (Å²) in [5.41, 5.74) is 17.0. The lowest BCUT2D eigenvalue weighted by atomic mass is 10.0. The van der Waals surface area contributed by atoms with Gasteiger partial charge < -0.3 is 48.5 Å². The first-order chi connectivity index (χ1) is 17.8. The zero-order valence-corrected chi connectivity index (χ0v) is 21.3. The smallest absolute Gasteiger partial charge is 0.326 e. The van der Waals surface area contributed by atoms with Crippen molar-refractivity contribution in [3.05, 3.63) is 29.8 Å². The van der Waals surface area contributed by atoms with E-state index in [-0.39, 0.29) is 25.0 Å². The molecule has 14 nitrogen and oxygen atoms in total. The number of unbranched alkanes of at least 4 members (excludes halogenated alkanes) is 1. The number of hydrogen-bond donors (Lipinski definition) is 9. The van der Waals surface area contributed by atoms with Crippen molar-refractivity contribution in [2.24, 2.45) is 17.2 Å². The highest BCUT2D eigenvalue weighted by molar-refractivity contribution is 5.94. The Morgan fingerprint density at radius 3 is 2.03 bits per heavy atom. The molecule has 12 N–H and O–H groups in total. The number of rotatable bonds is 17. The van der Waals surface area contributed by atoms with Crippen molar-refractivity contribution in [1.29, 1.82) is 0 Å². The lowest BCUT2D eigenvalue weighted by Gasteiger charge is -2.26. The Hall–Kier alpha value is -3.75. The lowest BCUT2D eigenvalue weighted by Crippen LogP contribution is -2.60. The van der Waals surface area contributed by atoms with Crippen LogP contribution in [0.5, 0.6) is 5.75 Å². The zero-order valence-electron chi connectivity index (χ0n) is 21.3. The fraction of sp³-hybridized carbons (Fsp3) is 0.542. The van der Waals surface area contributed by atoms with Gasteiger partial charge in [0.2, 0.25) is 23.6 Å². The molecule has 1 aromatic rings. The number of aliphatic carboxylic acids is 1. The summed E-state index contributed by atoms with van der Waals surface area (Å²) in [6.07, 6.45) is -0.499. The quantitative estimate of drug-likeness (QED) is 0.0947. The molecule has 0 fully saturated rings. The predicted octanol–water partition coefficient (Wildman–Crippen LogP) is -2.42. The molecule has 0 aliphatic rings. The molecular weight excluding hydrogens is 500 g/mol. The predicted molar refractivity (Wildman–Crippen MR) is 136 cm³/mol. The number of nitrogens with one attached hydrogen (secondary N) is 3. The molecule has 5 atom stereocenters. The molecule has 14 heteroatoms. The zero-order chi connectivity index (χ0) is 28.8. The first kappa shape index (κ1) is 32.3. The van der Waals surface area contributed by atoms with Crippen molar-refractivity contribution < 1.29 is 39.3 Å². The standard InChI is InChI=1S/C24H38N6O8/c1-13(31)20(23(36)28-17(24(37)38)9-10-19(27)33)30-22(35)18(12-14-5-7-15(32)8-6-14)29-21(34)16(26)4-2-3-11-25/h5-8,13,16-18,20,31-32H,2-4,9-12,25-26H2,1H3,(H2,27,33)(H,28,36)(H,29,34)(H,30,35)(H,37,38). The number of aliphatic hydroxyl groups excluding tert-OH is 1. The highest BCUT2D eigenvalue weighted by atomic mass is 16.4. The summed E-state index contributed by atoms with van der Waals surface area (Å²) < 4.78 is 0. The van der Waals surface area contributed by atoms with Crippen LogP contribution in [0, 0.1) is 0 Å². The van der Waals surface area contributed by atoms with Gasteiger partial charge in [-0.3, -0.25) is 19.2 Å². The van der Waals surface area contributed by atoms with Gasteiger partial charge in [0.1, 0.15) is 23.9 Å². The molecule has 0 aliphatic heterocycles. The Balaban J connectivity index is 3.06. The number of carboxylic acids is 1. The number of carbonyl (C=O) groups is 5. The summed E-state index contributed by atoms with van der Waals surface area (Å²) in [6.45, 7) is 1.65. The van der Waals surface area contributed by atoms with Crippen LogP contribution in [0.4, 0.5) is 0 Å². The molecule has 5 unspecified atom stereocenters. The summed E-state index contributed by atoms with van der Waals surface area (Å²) in [4.78, 5) is 61.1. The van der Waals surface area contributed by atoms with Gasteiger partial charge in [0.05, 0.1) is 12.1 Å². The number of carbonyl (C=O) groups excluding carboxylic acids is 4. The Labute approximate surface area is 220 Å². The van der Waals surface area contributed by atoms with Gasteiger partial charge in [-0.05, 0) is 50.4 Å². The second-order valence-corrected chi connectivity index (χ2v) is 8.95. The number of phenolic OH excluding ortho intramolecular Hbond substituents is 1. The largest absolute Gasteiger partial charge is 0.508 e. The molecule has 0 bridgehead atoms. The number of amides is 4. The average Bonchev–Trinajstić information content (AvgIpc) is 2.85. The van der Waals surface area contributed by atoms with E-state index in [4.69, 9.17) is 17.2 Å². The van der Waals surface area contributed by atoms with Crippen LogP contribution in [0.3, 0.4) is 0 Å². The van der Waals surface area contributed by atoms with Crippen LogP contribution >= 0.6 is 0 Å². The Morgan fingerprint density at radius 2 is 1.50 bits per heavy atom. The van der Waals surface area contributed by atoms with Crippen LogP contribution in [0.25, 0.3) is 0 Å². The number of aromatic hydroxyl groups is 1. The topological polar surface area (TPSA) is 260 Å². The van der Waals surface area contributed by atoms with E-state index in [2.05, 4.69) is 16.0 Å². The van der Waals surface area contributed by atoms with E-state index in [0.29, 0.717) is 31.4 Å². The van der Waals surface area contributed by atoms with Gasteiger partial charge in [-0.1, -0.05) is 18.6 Å². The van der Waals surface area contributed by atoms with E-state index >= 15 is 0 Å². The van der Waals surface area contributed by atoms with Crippen molar-refractivity contribution in [3.63, 3.8) is 0 Å². The number of benzene rings is 1. The molecule has 212 valence electrons. The van der Waals surface area contributed by atoms with Crippen LogP contribution < -0.4 is 33.2 Å². The molecule has 0 spiro atoms. The first-order valence-corrected chi connectivity index (χ1v) is 12.2. The number of carboxylic acid groups (broad SMARTS) is 1. The maximum atomic E-state index is 13.2. The molecule has 0 radical (unpaired) electrons. The average molecular weight is 539 g/mol. The van der Waals surface area contributed by atoms with Crippen LogP contribution in [0.1, 0.15) is 44.6 Å². The highest BCUT2D eigenvalue weighted by Gasteiger charge is 2.33. The Bertz CT molecular complexity index is 956. The van der Waals surface area contributed by atoms with Gasteiger partial charge in [-0.2, -0.15) is 0 Å². The van der Waals surface area contributed by atoms with Gasteiger partial charge in [0.15, 0.2) is 0 Å². The number of primary amides is 1. The molecule has 4 amide bonds. The van der Waals surface area contributed by atoms with Gasteiger partial charge >= 0.3 is 5.97 Å². The fourth-order valence-corrected chi connectivity index (χ4v) is 3.46. The minimum absolute atomic E-state index is 0.00382. The van der Waals surface area contributed by atoms with Crippen molar-refractivity contribution in [2.75, 3.05) is 6.54 Å². The third kappa shape index (κ3) is 11.5. The first-order valence-electron chi connectivity index (χ1n) is 12.2. The minimum atomic E-state index is -1.59. The number of phenols is 1. The second-order valence-electron chi connectivity index (χ2n) is 8.95. The van der Waals surface area contributed by atoms with Crippen molar-refractivity contribution >= 4 is 29.6 Å². The minimum Gasteiger partial charge on any atom is -0.508 e. The van der Waals surface area contributed by atoms with Crippen molar-refractivity contribution in [3.8, 4) is 5.75 Å². The molecule has 1 rings (SSSR count). The molecule has 0 aromatic heterocycles. The van der Waals surface area contributed by atoms with E-state index in [1.807, 2.05) is 0 Å². The summed E-state index contributed by atoms with van der Waals surface area (Å²) in [5.74, 6) is -4.67. The SMILES string of the molecule is CC(O)C(NC(=O)C(Cc1ccc(O)cc1)NC(=O)C(N)CCCCN)C(=O)NC(CCC(N)=O)C(=O)O. The fourth-order valence-electron chi connectivity index (χ4n) is 3.46. The Kier molecular flexibility index (Phi) is 13.7. The molecule has 1 aromatic carbocycles. The molecule has 0 saturated carbocycles. The third-order valence-electron chi connectivity index (χ3n) is 5.67. The summed E-state index contributed by atoms with van der Waals surface area (Å²) in [7, 11) is 0. The molecule has 0 heterocycles. The van der Waals surface area contributed by atoms with E-state index in [9.17, 15) is 39.3 Å². The maximum Gasteiger partial charge on any atom is 0.326 e. The maximum absolute atomic E-state index is 13.2. The van der Waals surface area contributed by atoms with Crippen LogP contribution in [0.2, 0.25) is 0 Å². The van der Waals surface area contributed by atoms with Gasteiger partial charge in [0, 0.05) is 12.8 Å². The molecule has 38 heavy (non-hydrogen) atoms. The second kappa shape index (κ2) is 16.2. The highest BCUT2D eigenvalue weighted by Crippen LogP contribution is 2.12.